The van der Waals surface area contributed by atoms with Crippen molar-refractivity contribution in [3.8, 4) is 0 Å². The molecule has 0 heterocycles. The Morgan fingerprint density at radius 3 is 0.726 bits per heavy atom. The zero-order valence-corrected chi connectivity index (χ0v) is 57.7. The molecule has 0 aliphatic heterocycles. The molecule has 0 aromatic heterocycles. The molecule has 0 spiro atoms. The van der Waals surface area contributed by atoms with Gasteiger partial charge in [0.1, 0.15) is 0 Å². The average molecular weight is 1190 g/mol. The number of unbranched alkanes of at least 4 members (excludes halogenated alkanes) is 64. The minimum atomic E-state index is -0.658. The van der Waals surface area contributed by atoms with Crippen molar-refractivity contribution in [2.45, 2.75) is 475 Å². The molecule has 0 saturated carbocycles. The zero-order chi connectivity index (χ0) is 60.6. The summed E-state index contributed by atoms with van der Waals surface area (Å²) in [6, 6.07) is -0.534. The Balaban J connectivity index is 3.25. The number of aliphatic hydroxyl groups excluding tert-OH is 2. The van der Waals surface area contributed by atoms with Crippen LogP contribution < -0.4 is 5.32 Å². The summed E-state index contributed by atoms with van der Waals surface area (Å²) in [6.45, 7) is 5.00. The lowest BCUT2D eigenvalue weighted by Gasteiger charge is -2.22. The van der Waals surface area contributed by atoms with E-state index in [-0.39, 0.29) is 18.5 Å². The molecular formula is C78H155NO5. The van der Waals surface area contributed by atoms with Gasteiger partial charge in [-0.1, -0.05) is 425 Å². The predicted octanol–water partition coefficient (Wildman–Crippen LogP) is 25.7. The van der Waals surface area contributed by atoms with Crippen LogP contribution >= 0.6 is 0 Å². The molecule has 0 aliphatic rings. The van der Waals surface area contributed by atoms with E-state index >= 15 is 0 Å². The van der Waals surface area contributed by atoms with Crippen molar-refractivity contribution >= 4 is 11.9 Å². The first-order valence-corrected chi connectivity index (χ1v) is 39.3. The van der Waals surface area contributed by atoms with Crippen LogP contribution in [0.4, 0.5) is 0 Å². The van der Waals surface area contributed by atoms with Gasteiger partial charge in [-0.3, -0.25) is 9.59 Å². The molecule has 0 aliphatic carbocycles. The van der Waals surface area contributed by atoms with Gasteiger partial charge < -0.3 is 20.3 Å². The molecule has 0 aromatic carbocycles. The Hall–Kier alpha value is -1.14. The monoisotopic (exact) mass is 1190 g/mol. The molecule has 1 amide bonds. The summed E-state index contributed by atoms with van der Waals surface area (Å²) in [7, 11) is 0. The third-order valence-electron chi connectivity index (χ3n) is 18.9. The zero-order valence-electron chi connectivity index (χ0n) is 57.7. The Morgan fingerprint density at radius 1 is 0.286 bits per heavy atom. The molecule has 0 rings (SSSR count). The van der Waals surface area contributed by atoms with Crippen LogP contribution in [0.25, 0.3) is 0 Å². The third-order valence-corrected chi connectivity index (χ3v) is 18.9. The topological polar surface area (TPSA) is 95.9 Å². The van der Waals surface area contributed by atoms with E-state index in [1.165, 1.54) is 392 Å². The van der Waals surface area contributed by atoms with Crippen LogP contribution in [0.5, 0.6) is 0 Å². The molecular weight excluding hydrogens is 1030 g/mol. The van der Waals surface area contributed by atoms with Gasteiger partial charge in [-0.25, -0.2) is 0 Å². The van der Waals surface area contributed by atoms with Crippen molar-refractivity contribution in [2.75, 3.05) is 13.2 Å². The molecule has 84 heavy (non-hydrogen) atoms. The summed E-state index contributed by atoms with van der Waals surface area (Å²) in [6.07, 6.45) is 92.1. The highest BCUT2D eigenvalue weighted by Crippen LogP contribution is 2.21. The van der Waals surface area contributed by atoms with Gasteiger partial charge in [0.2, 0.25) is 5.91 Å². The molecule has 0 fully saturated rings. The van der Waals surface area contributed by atoms with E-state index < -0.39 is 12.1 Å². The number of esters is 1. The molecule has 2 atom stereocenters. The normalized spacial score (nSPS) is 12.4. The lowest BCUT2D eigenvalue weighted by atomic mass is 10.0. The molecule has 6 nitrogen and oxygen atoms in total. The summed E-state index contributed by atoms with van der Waals surface area (Å²) in [5, 5.41) is 23.3. The fraction of sp³-hybridized carbons (Fsp3) is 0.974. The number of amides is 1. The smallest absolute Gasteiger partial charge is 0.305 e. The van der Waals surface area contributed by atoms with E-state index in [2.05, 4.69) is 19.2 Å². The van der Waals surface area contributed by atoms with Crippen LogP contribution in [0.2, 0.25) is 0 Å². The highest BCUT2D eigenvalue weighted by molar-refractivity contribution is 5.76. The van der Waals surface area contributed by atoms with Gasteiger partial charge in [0.15, 0.2) is 0 Å². The summed E-state index contributed by atoms with van der Waals surface area (Å²) in [5.41, 5.74) is 0. The van der Waals surface area contributed by atoms with E-state index in [0.717, 1.165) is 38.5 Å². The summed E-state index contributed by atoms with van der Waals surface area (Å²) in [4.78, 5) is 24.6. The Morgan fingerprint density at radius 2 is 0.488 bits per heavy atom. The SMILES string of the molecule is CCCCCCCCCCCCCCCCCCC(=O)OCCCCCCCCCCCCCCCCCCCCCCCCCCCCCCCCCCCCCCCCCC(=O)NC(CO)C(O)CCCCCCCCCCCCCC. The first-order chi connectivity index (χ1) is 41.5. The standard InChI is InChI=1S/C78H155NO5/c1-3-5-7-9-11-13-15-17-18-45-48-52-56-60-64-68-72-78(83)84-73-69-65-61-57-53-49-46-43-41-39-37-35-33-31-29-27-25-23-21-19-20-22-24-26-28-30-32-34-36-38-40-42-44-47-51-55-59-63-67-71-77(82)79-75(74-80)76(81)70-66-62-58-54-50-16-14-12-10-8-6-4-2/h75-76,80-81H,3-74H2,1-2H3,(H,79,82). The number of rotatable bonds is 75. The Kier molecular flexibility index (Phi) is 73.3. The molecule has 0 bridgehead atoms. The van der Waals surface area contributed by atoms with Gasteiger partial charge in [0.25, 0.3) is 0 Å². The van der Waals surface area contributed by atoms with Gasteiger partial charge in [0, 0.05) is 12.8 Å². The lowest BCUT2D eigenvalue weighted by Crippen LogP contribution is -2.45. The van der Waals surface area contributed by atoms with E-state index in [0.29, 0.717) is 25.9 Å². The van der Waals surface area contributed by atoms with Gasteiger partial charge in [-0.05, 0) is 25.7 Å². The quantitative estimate of drug-likeness (QED) is 0.0417. The number of ether oxygens (including phenoxy) is 1. The minimum absolute atomic E-state index is 0.0262. The maximum Gasteiger partial charge on any atom is 0.305 e. The molecule has 0 radical (unpaired) electrons. The largest absolute Gasteiger partial charge is 0.466 e. The van der Waals surface area contributed by atoms with E-state index in [9.17, 15) is 19.8 Å². The molecule has 0 aromatic rings. The molecule has 502 valence electrons. The van der Waals surface area contributed by atoms with Gasteiger partial charge >= 0.3 is 5.97 Å². The van der Waals surface area contributed by atoms with Crippen LogP contribution in [-0.4, -0.2) is 47.4 Å². The van der Waals surface area contributed by atoms with Crippen molar-refractivity contribution in [1.29, 1.82) is 0 Å². The van der Waals surface area contributed by atoms with Gasteiger partial charge in [-0.15, -0.1) is 0 Å². The Labute approximate surface area is 527 Å². The highest BCUT2D eigenvalue weighted by atomic mass is 16.5. The summed E-state index contributed by atoms with van der Waals surface area (Å²) in [5.74, 6) is 0.00264. The van der Waals surface area contributed by atoms with E-state index in [1.807, 2.05) is 0 Å². The predicted molar refractivity (Wildman–Crippen MR) is 371 cm³/mol. The second kappa shape index (κ2) is 74.3. The van der Waals surface area contributed by atoms with Crippen LogP contribution in [0, 0.1) is 0 Å². The van der Waals surface area contributed by atoms with Gasteiger partial charge in [0.05, 0.1) is 25.4 Å². The first-order valence-electron chi connectivity index (χ1n) is 39.3. The van der Waals surface area contributed by atoms with Gasteiger partial charge in [-0.2, -0.15) is 0 Å². The molecule has 3 N–H and O–H groups in total. The van der Waals surface area contributed by atoms with E-state index in [1.54, 1.807) is 0 Å². The number of nitrogens with one attached hydrogen (secondary N) is 1. The number of carbonyl (C=O) groups excluding carboxylic acids is 2. The van der Waals surface area contributed by atoms with Crippen molar-refractivity contribution in [3.05, 3.63) is 0 Å². The molecule has 6 heteroatoms. The maximum atomic E-state index is 12.5. The lowest BCUT2D eigenvalue weighted by molar-refractivity contribution is -0.143. The fourth-order valence-electron chi connectivity index (χ4n) is 12.9. The number of aliphatic hydroxyl groups is 2. The number of hydrogen-bond donors (Lipinski definition) is 3. The van der Waals surface area contributed by atoms with Crippen molar-refractivity contribution < 1.29 is 24.5 Å². The highest BCUT2D eigenvalue weighted by Gasteiger charge is 2.20. The molecule has 2 unspecified atom stereocenters. The number of hydrogen-bond acceptors (Lipinski definition) is 5. The minimum Gasteiger partial charge on any atom is -0.466 e. The molecule has 0 saturated heterocycles. The second-order valence-corrected chi connectivity index (χ2v) is 27.4. The van der Waals surface area contributed by atoms with E-state index in [4.69, 9.17) is 4.74 Å². The van der Waals surface area contributed by atoms with Crippen LogP contribution in [-0.2, 0) is 14.3 Å². The third kappa shape index (κ3) is 70.0. The van der Waals surface area contributed by atoms with Crippen LogP contribution in [0.15, 0.2) is 0 Å². The Bertz CT molecular complexity index is 1230. The summed E-state index contributed by atoms with van der Waals surface area (Å²) < 4.78 is 5.51. The first kappa shape index (κ1) is 82.9. The van der Waals surface area contributed by atoms with Crippen molar-refractivity contribution in [2.24, 2.45) is 0 Å². The maximum absolute atomic E-state index is 12.5. The van der Waals surface area contributed by atoms with Crippen LogP contribution in [0.1, 0.15) is 463 Å². The second-order valence-electron chi connectivity index (χ2n) is 27.4. The van der Waals surface area contributed by atoms with Crippen molar-refractivity contribution in [1.82, 2.24) is 5.32 Å². The van der Waals surface area contributed by atoms with Crippen molar-refractivity contribution in [3.63, 3.8) is 0 Å². The summed E-state index contributed by atoms with van der Waals surface area (Å²) >= 11 is 0. The fourth-order valence-corrected chi connectivity index (χ4v) is 12.9. The average Bonchev–Trinajstić information content (AvgIpc) is 3.50. The number of carbonyl (C=O) groups is 2. The van der Waals surface area contributed by atoms with Crippen LogP contribution in [0.3, 0.4) is 0 Å².